The Hall–Kier alpha value is -3.10. The number of urea groups is 1. The van der Waals surface area contributed by atoms with Gasteiger partial charge in [0.05, 0.1) is 18.1 Å². The van der Waals surface area contributed by atoms with E-state index in [0.29, 0.717) is 31.2 Å². The number of aromatic amines is 1. The van der Waals surface area contributed by atoms with Gasteiger partial charge in [-0.2, -0.15) is 4.98 Å². The van der Waals surface area contributed by atoms with Crippen LogP contribution in [0.5, 0.6) is 5.75 Å². The lowest BCUT2D eigenvalue weighted by Gasteiger charge is -2.22. The number of H-pyrrole nitrogens is 1. The third kappa shape index (κ3) is 4.36. The standard InChI is InChI=1S/C18H24N6O3/c1-5-24(18(25)19-11(2)17-20-12(3)23-27-17)9-8-16-21-14-7-6-13(26-4)10-15(14)22-16/h6-7,10-11H,5,8-9H2,1-4H3,(H,19,25)(H,21,22). The van der Waals surface area contributed by atoms with Gasteiger partial charge in [-0.3, -0.25) is 0 Å². The molecule has 0 radical (unpaired) electrons. The Balaban J connectivity index is 1.60. The van der Waals surface area contributed by atoms with E-state index in [1.54, 1.807) is 18.9 Å². The third-order valence-electron chi connectivity index (χ3n) is 4.28. The number of carbonyl (C=O) groups excluding carboxylic acids is 1. The number of rotatable bonds is 7. The van der Waals surface area contributed by atoms with Gasteiger partial charge < -0.3 is 24.5 Å². The monoisotopic (exact) mass is 372 g/mol. The normalized spacial score (nSPS) is 12.1. The number of fused-ring (bicyclic) bond motifs is 1. The number of benzene rings is 1. The highest BCUT2D eigenvalue weighted by molar-refractivity contribution is 5.77. The van der Waals surface area contributed by atoms with Gasteiger partial charge >= 0.3 is 6.03 Å². The fourth-order valence-electron chi connectivity index (χ4n) is 2.76. The maximum absolute atomic E-state index is 12.5. The van der Waals surface area contributed by atoms with Gasteiger partial charge in [0.25, 0.3) is 0 Å². The lowest BCUT2D eigenvalue weighted by molar-refractivity contribution is 0.194. The summed E-state index contributed by atoms with van der Waals surface area (Å²) in [6, 6.07) is 5.15. The summed E-state index contributed by atoms with van der Waals surface area (Å²) in [6.07, 6.45) is 0.617. The molecule has 0 aliphatic carbocycles. The molecule has 9 nitrogen and oxygen atoms in total. The zero-order valence-corrected chi connectivity index (χ0v) is 15.9. The molecule has 144 valence electrons. The van der Waals surface area contributed by atoms with Crippen molar-refractivity contribution in [3.8, 4) is 5.75 Å². The van der Waals surface area contributed by atoms with Crippen molar-refractivity contribution in [2.75, 3.05) is 20.2 Å². The lowest BCUT2D eigenvalue weighted by atomic mass is 10.3. The second kappa shape index (κ2) is 8.07. The number of likely N-dealkylation sites (N-methyl/N-ethyl adjacent to an activating group) is 1. The topological polar surface area (TPSA) is 109 Å². The first-order valence-corrected chi connectivity index (χ1v) is 8.88. The summed E-state index contributed by atoms with van der Waals surface area (Å²) in [5, 5.41) is 6.63. The maximum Gasteiger partial charge on any atom is 0.318 e. The van der Waals surface area contributed by atoms with E-state index in [1.165, 1.54) is 0 Å². The van der Waals surface area contributed by atoms with Crippen molar-refractivity contribution in [3.05, 3.63) is 35.7 Å². The van der Waals surface area contributed by atoms with Crippen LogP contribution >= 0.6 is 0 Å². The number of nitrogens with one attached hydrogen (secondary N) is 2. The first-order chi connectivity index (χ1) is 13.0. The molecule has 2 heterocycles. The van der Waals surface area contributed by atoms with Crippen LogP contribution in [0.2, 0.25) is 0 Å². The van der Waals surface area contributed by atoms with Crippen molar-refractivity contribution in [1.29, 1.82) is 0 Å². The summed E-state index contributed by atoms with van der Waals surface area (Å²) >= 11 is 0. The van der Waals surface area contributed by atoms with Gasteiger partial charge in [0.2, 0.25) is 5.89 Å². The molecule has 1 aromatic carbocycles. The van der Waals surface area contributed by atoms with Gasteiger partial charge in [-0.15, -0.1) is 0 Å². The van der Waals surface area contributed by atoms with Gasteiger partial charge in [-0.25, -0.2) is 9.78 Å². The van der Waals surface area contributed by atoms with Gasteiger partial charge in [-0.1, -0.05) is 5.16 Å². The van der Waals surface area contributed by atoms with Gasteiger partial charge in [0.1, 0.15) is 17.6 Å². The molecule has 3 rings (SSSR count). The van der Waals surface area contributed by atoms with Crippen molar-refractivity contribution in [2.45, 2.75) is 33.2 Å². The molecule has 1 atom stereocenters. The number of hydrogen-bond acceptors (Lipinski definition) is 6. The average Bonchev–Trinajstić information content (AvgIpc) is 3.27. The van der Waals surface area contributed by atoms with Crippen LogP contribution in [-0.4, -0.2) is 51.2 Å². The Morgan fingerprint density at radius 2 is 2.22 bits per heavy atom. The number of hydrogen-bond donors (Lipinski definition) is 2. The zero-order valence-electron chi connectivity index (χ0n) is 15.9. The number of ether oxygens (including phenoxy) is 1. The van der Waals surface area contributed by atoms with Gasteiger partial charge in [0, 0.05) is 25.6 Å². The summed E-state index contributed by atoms with van der Waals surface area (Å²) in [7, 11) is 1.63. The predicted octanol–water partition coefficient (Wildman–Crippen LogP) is 2.60. The molecule has 0 saturated carbocycles. The molecule has 2 aromatic heterocycles. The van der Waals surface area contributed by atoms with E-state index in [9.17, 15) is 4.79 Å². The summed E-state index contributed by atoms with van der Waals surface area (Å²) in [5.41, 5.74) is 1.79. The minimum atomic E-state index is -0.355. The Kier molecular flexibility index (Phi) is 5.58. The third-order valence-corrected chi connectivity index (χ3v) is 4.28. The largest absolute Gasteiger partial charge is 0.497 e. The molecular weight excluding hydrogens is 348 g/mol. The fraction of sp³-hybridized carbons (Fsp3) is 0.444. The molecule has 3 aromatic rings. The van der Waals surface area contributed by atoms with E-state index in [1.807, 2.05) is 32.0 Å². The predicted molar refractivity (Wildman–Crippen MR) is 99.6 cm³/mol. The first-order valence-electron chi connectivity index (χ1n) is 8.88. The van der Waals surface area contributed by atoms with Crippen molar-refractivity contribution in [2.24, 2.45) is 0 Å². The second-order valence-corrected chi connectivity index (χ2v) is 6.25. The maximum atomic E-state index is 12.5. The molecule has 27 heavy (non-hydrogen) atoms. The molecule has 2 amide bonds. The van der Waals surface area contributed by atoms with Crippen LogP contribution in [0.3, 0.4) is 0 Å². The van der Waals surface area contributed by atoms with Crippen molar-refractivity contribution in [3.63, 3.8) is 0 Å². The van der Waals surface area contributed by atoms with E-state index >= 15 is 0 Å². The lowest BCUT2D eigenvalue weighted by Crippen LogP contribution is -2.42. The number of nitrogens with zero attached hydrogens (tertiary/aromatic N) is 4. The smallest absolute Gasteiger partial charge is 0.318 e. The number of aryl methyl sites for hydroxylation is 1. The van der Waals surface area contributed by atoms with E-state index < -0.39 is 0 Å². The summed E-state index contributed by atoms with van der Waals surface area (Å²) in [5.74, 6) is 2.53. The Morgan fingerprint density at radius 1 is 1.41 bits per heavy atom. The summed E-state index contributed by atoms with van der Waals surface area (Å²) < 4.78 is 10.3. The van der Waals surface area contributed by atoms with Gasteiger partial charge in [-0.05, 0) is 32.9 Å². The Labute approximate surface area is 157 Å². The molecule has 0 fully saturated rings. The molecule has 9 heteroatoms. The average molecular weight is 372 g/mol. The van der Waals surface area contributed by atoms with Crippen molar-refractivity contribution in [1.82, 2.24) is 30.3 Å². The van der Waals surface area contributed by atoms with E-state index in [0.717, 1.165) is 22.6 Å². The molecule has 0 saturated heterocycles. The van der Waals surface area contributed by atoms with Gasteiger partial charge in [0.15, 0.2) is 5.82 Å². The van der Waals surface area contributed by atoms with Crippen LogP contribution in [0.15, 0.2) is 22.7 Å². The van der Waals surface area contributed by atoms with E-state index in [-0.39, 0.29) is 12.1 Å². The highest BCUT2D eigenvalue weighted by Crippen LogP contribution is 2.19. The number of amides is 2. The number of carbonyl (C=O) groups is 1. The minimum Gasteiger partial charge on any atom is -0.497 e. The number of aromatic nitrogens is 4. The minimum absolute atomic E-state index is 0.182. The zero-order chi connectivity index (χ0) is 19.4. The first kappa shape index (κ1) is 18.7. The van der Waals surface area contributed by atoms with Crippen molar-refractivity contribution >= 4 is 17.1 Å². The highest BCUT2D eigenvalue weighted by Gasteiger charge is 2.19. The van der Waals surface area contributed by atoms with Crippen LogP contribution in [0, 0.1) is 6.92 Å². The van der Waals surface area contributed by atoms with Crippen molar-refractivity contribution < 1.29 is 14.1 Å². The quantitative estimate of drug-likeness (QED) is 0.660. The molecule has 2 N–H and O–H groups in total. The number of methoxy groups -OCH3 is 1. The fourth-order valence-corrected chi connectivity index (χ4v) is 2.76. The van der Waals surface area contributed by atoms with Crippen LogP contribution in [0.4, 0.5) is 4.79 Å². The number of imidazole rings is 1. The second-order valence-electron chi connectivity index (χ2n) is 6.25. The molecule has 0 aliphatic heterocycles. The Morgan fingerprint density at radius 3 is 2.89 bits per heavy atom. The molecule has 0 aliphatic rings. The molecule has 0 bridgehead atoms. The van der Waals surface area contributed by atoms with Crippen LogP contribution in [0.25, 0.3) is 11.0 Å². The molecule has 0 spiro atoms. The van der Waals surface area contributed by atoms with Crippen LogP contribution < -0.4 is 10.1 Å². The van der Waals surface area contributed by atoms with Crippen LogP contribution in [0.1, 0.15) is 37.4 Å². The molecule has 1 unspecified atom stereocenters. The van der Waals surface area contributed by atoms with Crippen LogP contribution in [-0.2, 0) is 6.42 Å². The summed E-state index contributed by atoms with van der Waals surface area (Å²) in [6.45, 7) is 6.60. The molecular formula is C18H24N6O3. The SMILES string of the molecule is CCN(CCc1nc2ccc(OC)cc2[nH]1)C(=O)NC(C)c1nc(C)no1. The highest BCUT2D eigenvalue weighted by atomic mass is 16.5. The van der Waals surface area contributed by atoms with E-state index in [4.69, 9.17) is 9.26 Å². The van der Waals surface area contributed by atoms with E-state index in [2.05, 4.69) is 25.4 Å². The summed E-state index contributed by atoms with van der Waals surface area (Å²) in [4.78, 5) is 26.2. The Bertz CT molecular complexity index is 919.